The molecule has 0 amide bonds. The van der Waals surface area contributed by atoms with Crippen LogP contribution in [0.1, 0.15) is 29.4 Å². The molecule has 154 valence electrons. The van der Waals surface area contributed by atoms with Crippen LogP contribution < -0.4 is 4.74 Å². The van der Waals surface area contributed by atoms with Crippen LogP contribution in [0.5, 0.6) is 5.75 Å². The molecule has 2 aromatic carbocycles. The Hall–Kier alpha value is -2.19. The first-order chi connectivity index (χ1) is 13.8. The van der Waals surface area contributed by atoms with E-state index in [-0.39, 0.29) is 6.61 Å². The zero-order chi connectivity index (χ0) is 21.0. The predicted octanol–water partition coefficient (Wildman–Crippen LogP) is 6.15. The summed E-state index contributed by atoms with van der Waals surface area (Å²) in [5, 5.41) is 9.47. The Labute approximate surface area is 176 Å². The summed E-state index contributed by atoms with van der Waals surface area (Å²) in [5.41, 5.74) is 0.940. The van der Waals surface area contributed by atoms with Crippen LogP contribution in [0.15, 0.2) is 47.6 Å². The molecule has 0 unspecified atom stereocenters. The Morgan fingerprint density at radius 1 is 1.14 bits per heavy atom. The number of nitrogens with zero attached hydrogens (tertiary/aromatic N) is 3. The fraction of sp³-hybridized carbons (Fsp3) is 0.300. The monoisotopic (exact) mass is 441 g/mol. The van der Waals surface area contributed by atoms with Crippen molar-refractivity contribution in [3.8, 4) is 5.75 Å². The minimum absolute atomic E-state index is 0.189. The van der Waals surface area contributed by atoms with Gasteiger partial charge in [-0.25, -0.2) is 0 Å². The normalized spacial score (nSPS) is 11.7. The van der Waals surface area contributed by atoms with Crippen molar-refractivity contribution in [3.05, 3.63) is 70.0 Å². The van der Waals surface area contributed by atoms with Crippen molar-refractivity contribution in [2.45, 2.75) is 44.1 Å². The van der Waals surface area contributed by atoms with Gasteiger partial charge in [0.1, 0.15) is 12.4 Å². The van der Waals surface area contributed by atoms with Crippen molar-refractivity contribution >= 4 is 23.4 Å². The molecule has 0 saturated heterocycles. The second-order valence-electron chi connectivity index (χ2n) is 6.35. The smallest absolute Gasteiger partial charge is 0.416 e. The number of aryl methyl sites for hydroxylation is 1. The molecule has 0 spiro atoms. The first-order valence-corrected chi connectivity index (χ1v) is 10.2. The fourth-order valence-electron chi connectivity index (χ4n) is 2.70. The maximum atomic E-state index is 12.9. The molecule has 0 fully saturated rings. The summed E-state index contributed by atoms with van der Waals surface area (Å²) in [6, 6.07) is 10.8. The highest BCUT2D eigenvalue weighted by atomic mass is 35.5. The van der Waals surface area contributed by atoms with Crippen LogP contribution in [0.4, 0.5) is 13.2 Å². The molecule has 0 N–H and O–H groups in total. The number of rotatable bonds is 7. The van der Waals surface area contributed by atoms with Gasteiger partial charge >= 0.3 is 6.18 Å². The molecule has 0 radical (unpaired) electrons. The van der Waals surface area contributed by atoms with E-state index in [1.165, 1.54) is 17.8 Å². The largest absolute Gasteiger partial charge is 0.484 e. The number of hydrogen-bond donors (Lipinski definition) is 0. The SMILES string of the molecule is CCn1c(COc2cc(C)ccc2Cl)nnc1SCc1cccc(C(F)(F)F)c1. The van der Waals surface area contributed by atoms with Crippen molar-refractivity contribution in [2.24, 2.45) is 0 Å². The predicted molar refractivity (Wildman–Crippen MR) is 107 cm³/mol. The van der Waals surface area contributed by atoms with E-state index in [0.717, 1.165) is 17.7 Å². The third kappa shape index (κ3) is 5.45. The van der Waals surface area contributed by atoms with Crippen LogP contribution in [0.25, 0.3) is 0 Å². The molecule has 1 heterocycles. The van der Waals surface area contributed by atoms with Crippen LogP contribution in [-0.2, 0) is 25.1 Å². The summed E-state index contributed by atoms with van der Waals surface area (Å²) in [5.74, 6) is 1.54. The maximum absolute atomic E-state index is 12.9. The van der Waals surface area contributed by atoms with Crippen LogP contribution in [0.3, 0.4) is 0 Å². The van der Waals surface area contributed by atoms with Gasteiger partial charge in [0.2, 0.25) is 0 Å². The van der Waals surface area contributed by atoms with E-state index >= 15 is 0 Å². The van der Waals surface area contributed by atoms with Gasteiger partial charge in [0.05, 0.1) is 10.6 Å². The number of thioether (sulfide) groups is 1. The summed E-state index contributed by atoms with van der Waals surface area (Å²) in [4.78, 5) is 0. The summed E-state index contributed by atoms with van der Waals surface area (Å²) in [6.45, 7) is 4.69. The first kappa shape index (κ1) is 21.5. The van der Waals surface area contributed by atoms with Gasteiger partial charge in [-0.3, -0.25) is 0 Å². The van der Waals surface area contributed by atoms with Gasteiger partial charge in [-0.05, 0) is 43.2 Å². The number of alkyl halides is 3. The van der Waals surface area contributed by atoms with Gasteiger partial charge in [0, 0.05) is 12.3 Å². The van der Waals surface area contributed by atoms with Gasteiger partial charge in [0.25, 0.3) is 0 Å². The average molecular weight is 442 g/mol. The quantitative estimate of drug-likeness (QED) is 0.412. The van der Waals surface area contributed by atoms with Gasteiger partial charge in [-0.15, -0.1) is 10.2 Å². The maximum Gasteiger partial charge on any atom is 0.416 e. The van der Waals surface area contributed by atoms with Crippen molar-refractivity contribution in [1.82, 2.24) is 14.8 Å². The number of ether oxygens (including phenoxy) is 1. The number of hydrogen-bond acceptors (Lipinski definition) is 4. The van der Waals surface area contributed by atoms with E-state index in [9.17, 15) is 13.2 Å². The molecule has 0 aliphatic heterocycles. The highest BCUT2D eigenvalue weighted by molar-refractivity contribution is 7.98. The second-order valence-corrected chi connectivity index (χ2v) is 7.70. The Morgan fingerprint density at radius 3 is 2.66 bits per heavy atom. The van der Waals surface area contributed by atoms with Gasteiger partial charge in [0.15, 0.2) is 11.0 Å². The average Bonchev–Trinajstić information content (AvgIpc) is 3.08. The lowest BCUT2D eigenvalue weighted by atomic mass is 10.1. The summed E-state index contributed by atoms with van der Waals surface area (Å²) >= 11 is 7.48. The minimum Gasteiger partial charge on any atom is -0.484 e. The van der Waals surface area contributed by atoms with E-state index in [1.54, 1.807) is 12.1 Å². The van der Waals surface area contributed by atoms with Crippen molar-refractivity contribution in [1.29, 1.82) is 0 Å². The lowest BCUT2D eigenvalue weighted by Gasteiger charge is -2.11. The van der Waals surface area contributed by atoms with Crippen LogP contribution in [0, 0.1) is 6.92 Å². The molecule has 29 heavy (non-hydrogen) atoms. The lowest BCUT2D eigenvalue weighted by molar-refractivity contribution is -0.137. The van der Waals surface area contributed by atoms with Crippen molar-refractivity contribution in [2.75, 3.05) is 0 Å². The van der Waals surface area contributed by atoms with Gasteiger partial charge < -0.3 is 9.30 Å². The summed E-state index contributed by atoms with van der Waals surface area (Å²) in [6.07, 6.45) is -4.36. The van der Waals surface area contributed by atoms with Crippen LogP contribution in [0.2, 0.25) is 5.02 Å². The third-order valence-electron chi connectivity index (χ3n) is 4.18. The molecule has 3 rings (SSSR count). The molecular formula is C20H19ClF3N3OS. The van der Waals surface area contributed by atoms with E-state index in [4.69, 9.17) is 16.3 Å². The van der Waals surface area contributed by atoms with E-state index < -0.39 is 11.7 Å². The highest BCUT2D eigenvalue weighted by Crippen LogP contribution is 2.31. The molecule has 3 aromatic rings. The zero-order valence-corrected chi connectivity index (χ0v) is 17.4. The fourth-order valence-corrected chi connectivity index (χ4v) is 3.84. The van der Waals surface area contributed by atoms with Crippen LogP contribution >= 0.6 is 23.4 Å². The number of halogens is 4. The molecule has 0 bridgehead atoms. The van der Waals surface area contributed by atoms with E-state index in [2.05, 4.69) is 10.2 Å². The Kier molecular flexibility index (Phi) is 6.74. The topological polar surface area (TPSA) is 39.9 Å². The molecule has 4 nitrogen and oxygen atoms in total. The second kappa shape index (κ2) is 9.09. The Bertz CT molecular complexity index is 991. The molecule has 0 aliphatic rings. The molecule has 9 heteroatoms. The van der Waals surface area contributed by atoms with Crippen molar-refractivity contribution < 1.29 is 17.9 Å². The van der Waals surface area contributed by atoms with Crippen molar-refractivity contribution in [3.63, 3.8) is 0 Å². The molecule has 0 saturated carbocycles. The summed E-state index contributed by atoms with van der Waals surface area (Å²) < 4.78 is 46.3. The first-order valence-electron chi connectivity index (χ1n) is 8.88. The number of benzene rings is 2. The third-order valence-corrected chi connectivity index (χ3v) is 5.53. The Balaban J connectivity index is 1.69. The zero-order valence-electron chi connectivity index (χ0n) is 15.8. The lowest BCUT2D eigenvalue weighted by Crippen LogP contribution is -2.07. The molecular weight excluding hydrogens is 423 g/mol. The van der Waals surface area contributed by atoms with Crippen LogP contribution in [-0.4, -0.2) is 14.8 Å². The molecule has 1 aromatic heterocycles. The summed E-state index contributed by atoms with van der Waals surface area (Å²) in [7, 11) is 0. The number of aromatic nitrogens is 3. The van der Waals surface area contributed by atoms with Gasteiger partial charge in [-0.2, -0.15) is 13.2 Å². The van der Waals surface area contributed by atoms with E-state index in [1.807, 2.05) is 30.5 Å². The standard InChI is InChI=1S/C20H19ClF3N3OS/c1-3-27-18(11-28-17-9-13(2)7-8-16(17)21)25-26-19(27)29-12-14-5-4-6-15(10-14)20(22,23)24/h4-10H,3,11-12H2,1-2H3. The molecule has 0 aliphatic carbocycles. The minimum atomic E-state index is -4.36. The van der Waals surface area contributed by atoms with Gasteiger partial charge in [-0.1, -0.05) is 47.6 Å². The highest BCUT2D eigenvalue weighted by Gasteiger charge is 2.30. The molecule has 0 atom stereocenters. The van der Waals surface area contributed by atoms with E-state index in [0.29, 0.717) is 39.6 Å². The Morgan fingerprint density at radius 2 is 1.93 bits per heavy atom.